The van der Waals surface area contributed by atoms with E-state index >= 15 is 0 Å². The van der Waals surface area contributed by atoms with Crippen molar-refractivity contribution >= 4 is 33.9 Å². The number of anilines is 1. The van der Waals surface area contributed by atoms with Gasteiger partial charge in [-0.05, 0) is 18.3 Å². The van der Waals surface area contributed by atoms with Crippen molar-refractivity contribution in [3.63, 3.8) is 0 Å². The van der Waals surface area contributed by atoms with Gasteiger partial charge in [0.1, 0.15) is 5.69 Å². The summed E-state index contributed by atoms with van der Waals surface area (Å²) in [5, 5.41) is 2.76. The SMILES string of the molecule is CC1(C)CCCN(c2nc(C(=O)CCl)cs2)C1. The average molecular weight is 273 g/mol. The van der Waals surface area contributed by atoms with Crippen molar-refractivity contribution in [1.29, 1.82) is 0 Å². The van der Waals surface area contributed by atoms with Crippen molar-refractivity contribution in [2.75, 3.05) is 23.9 Å². The van der Waals surface area contributed by atoms with Crippen molar-refractivity contribution in [1.82, 2.24) is 4.98 Å². The van der Waals surface area contributed by atoms with Gasteiger partial charge < -0.3 is 4.90 Å². The molecule has 0 bridgehead atoms. The summed E-state index contributed by atoms with van der Waals surface area (Å²) >= 11 is 7.06. The van der Waals surface area contributed by atoms with Crippen molar-refractivity contribution in [3.8, 4) is 0 Å². The lowest BCUT2D eigenvalue weighted by Crippen LogP contribution is -2.40. The molecule has 0 radical (unpaired) electrons. The third kappa shape index (κ3) is 2.99. The van der Waals surface area contributed by atoms with E-state index in [1.807, 2.05) is 5.38 Å². The number of aromatic nitrogens is 1. The van der Waals surface area contributed by atoms with Crippen LogP contribution in [0.2, 0.25) is 0 Å². The van der Waals surface area contributed by atoms with Gasteiger partial charge in [-0.25, -0.2) is 4.98 Å². The maximum atomic E-state index is 11.4. The lowest BCUT2D eigenvalue weighted by molar-refractivity contribution is 0.101. The highest BCUT2D eigenvalue weighted by Crippen LogP contribution is 2.32. The number of alkyl halides is 1. The van der Waals surface area contributed by atoms with Crippen LogP contribution in [-0.4, -0.2) is 29.7 Å². The Kier molecular flexibility index (Phi) is 3.73. The topological polar surface area (TPSA) is 33.2 Å². The van der Waals surface area contributed by atoms with Gasteiger partial charge in [-0.15, -0.1) is 22.9 Å². The molecule has 1 aliphatic rings. The first kappa shape index (κ1) is 12.8. The van der Waals surface area contributed by atoms with E-state index in [0.717, 1.165) is 18.2 Å². The third-order valence-electron chi connectivity index (χ3n) is 3.07. The van der Waals surface area contributed by atoms with Crippen LogP contribution in [-0.2, 0) is 0 Å². The van der Waals surface area contributed by atoms with Crippen LogP contribution in [0.4, 0.5) is 5.13 Å². The van der Waals surface area contributed by atoms with Crippen LogP contribution in [0.25, 0.3) is 0 Å². The molecule has 1 aromatic heterocycles. The fraction of sp³-hybridized carbons (Fsp3) is 0.667. The highest BCUT2D eigenvalue weighted by atomic mass is 35.5. The Hall–Kier alpha value is -0.610. The quantitative estimate of drug-likeness (QED) is 0.626. The van der Waals surface area contributed by atoms with Crippen molar-refractivity contribution < 1.29 is 4.79 Å². The molecule has 0 spiro atoms. The van der Waals surface area contributed by atoms with Crippen molar-refractivity contribution in [2.45, 2.75) is 26.7 Å². The second kappa shape index (κ2) is 4.94. The Morgan fingerprint density at radius 1 is 1.65 bits per heavy atom. The zero-order valence-electron chi connectivity index (χ0n) is 10.2. The van der Waals surface area contributed by atoms with Gasteiger partial charge in [-0.2, -0.15) is 0 Å². The number of carbonyl (C=O) groups is 1. The Labute approximate surface area is 111 Å². The number of thiazole rings is 1. The second-order valence-electron chi connectivity index (χ2n) is 5.26. The van der Waals surface area contributed by atoms with Gasteiger partial charge in [-0.1, -0.05) is 13.8 Å². The molecule has 2 heterocycles. The number of ketones is 1. The zero-order valence-corrected chi connectivity index (χ0v) is 11.8. The van der Waals surface area contributed by atoms with Crippen LogP contribution in [0.5, 0.6) is 0 Å². The monoisotopic (exact) mass is 272 g/mol. The second-order valence-corrected chi connectivity index (χ2v) is 6.37. The highest BCUT2D eigenvalue weighted by molar-refractivity contribution is 7.14. The molecule has 1 fully saturated rings. The van der Waals surface area contributed by atoms with E-state index in [1.165, 1.54) is 24.2 Å². The third-order valence-corrected chi connectivity index (χ3v) is 4.21. The van der Waals surface area contributed by atoms with E-state index in [4.69, 9.17) is 11.6 Å². The number of carbonyl (C=O) groups excluding carboxylic acids is 1. The summed E-state index contributed by atoms with van der Waals surface area (Å²) in [6.07, 6.45) is 2.44. The molecule has 3 nitrogen and oxygen atoms in total. The predicted molar refractivity (Wildman–Crippen MR) is 72.4 cm³/mol. The van der Waals surface area contributed by atoms with Crippen LogP contribution in [0.3, 0.4) is 0 Å². The summed E-state index contributed by atoms with van der Waals surface area (Å²) in [5.74, 6) is -0.0836. The van der Waals surface area contributed by atoms with Gasteiger partial charge in [0.25, 0.3) is 0 Å². The molecule has 5 heteroatoms. The summed E-state index contributed by atoms with van der Waals surface area (Å²) in [5.41, 5.74) is 0.837. The number of rotatable bonds is 3. The molecular weight excluding hydrogens is 256 g/mol. The number of halogens is 1. The van der Waals surface area contributed by atoms with E-state index in [0.29, 0.717) is 11.1 Å². The maximum Gasteiger partial charge on any atom is 0.196 e. The number of piperidine rings is 1. The van der Waals surface area contributed by atoms with Gasteiger partial charge in [-0.3, -0.25) is 4.79 Å². The first-order valence-corrected chi connectivity index (χ1v) is 7.23. The molecule has 0 atom stereocenters. The van der Waals surface area contributed by atoms with Gasteiger partial charge in [0, 0.05) is 18.5 Å². The maximum absolute atomic E-state index is 11.4. The predicted octanol–water partition coefficient (Wildman–Crippen LogP) is 3.19. The Bertz CT molecular complexity index is 416. The molecule has 0 saturated carbocycles. The average Bonchev–Trinajstić information content (AvgIpc) is 2.76. The molecule has 0 N–H and O–H groups in total. The molecular formula is C12H17ClN2OS. The van der Waals surface area contributed by atoms with Crippen LogP contribution in [0.1, 0.15) is 37.2 Å². The van der Waals surface area contributed by atoms with Crippen LogP contribution < -0.4 is 4.90 Å². The first-order chi connectivity index (χ1) is 8.02. The Morgan fingerprint density at radius 2 is 2.41 bits per heavy atom. The van der Waals surface area contributed by atoms with Crippen molar-refractivity contribution in [2.24, 2.45) is 5.41 Å². The van der Waals surface area contributed by atoms with Crippen LogP contribution >= 0.6 is 22.9 Å². The van der Waals surface area contributed by atoms with Gasteiger partial charge in [0.2, 0.25) is 0 Å². The van der Waals surface area contributed by atoms with Gasteiger partial charge >= 0.3 is 0 Å². The van der Waals surface area contributed by atoms with Crippen LogP contribution in [0.15, 0.2) is 5.38 Å². The number of hydrogen-bond donors (Lipinski definition) is 0. The molecule has 94 valence electrons. The van der Waals surface area contributed by atoms with Crippen molar-refractivity contribution in [3.05, 3.63) is 11.1 Å². The van der Waals surface area contributed by atoms with Crippen LogP contribution in [0, 0.1) is 5.41 Å². The molecule has 1 aromatic rings. The molecule has 0 amide bonds. The fourth-order valence-electron chi connectivity index (χ4n) is 2.19. The van der Waals surface area contributed by atoms with E-state index in [-0.39, 0.29) is 11.7 Å². The standard InChI is InChI=1S/C12H17ClN2OS/c1-12(2)4-3-5-15(8-12)11-14-9(7-17-11)10(16)6-13/h7H,3-6,8H2,1-2H3. The molecule has 2 rings (SSSR count). The molecule has 1 saturated heterocycles. The lowest BCUT2D eigenvalue weighted by atomic mass is 9.84. The molecule has 1 aliphatic heterocycles. The molecule has 0 unspecified atom stereocenters. The first-order valence-electron chi connectivity index (χ1n) is 5.81. The fourth-order valence-corrected chi connectivity index (χ4v) is 3.19. The van der Waals surface area contributed by atoms with Gasteiger partial charge in [0.15, 0.2) is 10.9 Å². The largest absolute Gasteiger partial charge is 0.348 e. The minimum absolute atomic E-state index is 0.00860. The smallest absolute Gasteiger partial charge is 0.196 e. The summed E-state index contributed by atoms with van der Waals surface area (Å²) in [4.78, 5) is 18.1. The summed E-state index contributed by atoms with van der Waals surface area (Å²) < 4.78 is 0. The van der Waals surface area contributed by atoms with E-state index in [2.05, 4.69) is 23.7 Å². The van der Waals surface area contributed by atoms with E-state index < -0.39 is 0 Å². The molecule has 0 aliphatic carbocycles. The highest BCUT2D eigenvalue weighted by Gasteiger charge is 2.28. The lowest BCUT2D eigenvalue weighted by Gasteiger charge is -2.37. The van der Waals surface area contributed by atoms with Gasteiger partial charge in [0.05, 0.1) is 5.88 Å². The summed E-state index contributed by atoms with van der Waals surface area (Å²) in [6, 6.07) is 0. The normalized spacial score (nSPS) is 19.4. The molecule has 17 heavy (non-hydrogen) atoms. The minimum atomic E-state index is -0.0922. The Morgan fingerprint density at radius 3 is 3.06 bits per heavy atom. The Balaban J connectivity index is 2.12. The number of nitrogens with zero attached hydrogens (tertiary/aromatic N) is 2. The van der Waals surface area contributed by atoms with E-state index in [1.54, 1.807) is 0 Å². The van der Waals surface area contributed by atoms with E-state index in [9.17, 15) is 4.79 Å². The minimum Gasteiger partial charge on any atom is -0.348 e. The summed E-state index contributed by atoms with van der Waals surface area (Å²) in [6.45, 7) is 6.59. The number of hydrogen-bond acceptors (Lipinski definition) is 4. The zero-order chi connectivity index (χ0) is 12.5. The molecule has 0 aromatic carbocycles. The summed E-state index contributed by atoms with van der Waals surface area (Å²) in [7, 11) is 0. The number of Topliss-reactive ketones (excluding diaryl/α,β-unsaturated/α-hetero) is 1.